The van der Waals surface area contributed by atoms with Crippen LogP contribution < -0.4 is 0 Å². The maximum absolute atomic E-state index is 2.49. The van der Waals surface area contributed by atoms with Crippen LogP contribution >= 0.6 is 0 Å². The van der Waals surface area contributed by atoms with Gasteiger partial charge in [0.25, 0.3) is 0 Å². The molecule has 0 aliphatic carbocycles. The summed E-state index contributed by atoms with van der Waals surface area (Å²) in [6, 6.07) is 0. The number of unbranched alkanes of at least 4 members (excludes halogenated alkanes) is 3. The van der Waals surface area contributed by atoms with Gasteiger partial charge in [-0.2, -0.15) is 0 Å². The van der Waals surface area contributed by atoms with Crippen molar-refractivity contribution >= 4 is 0 Å². The van der Waals surface area contributed by atoms with E-state index in [2.05, 4.69) is 41.5 Å². The fraction of sp³-hybridized carbons (Fsp3) is 1.00. The van der Waals surface area contributed by atoms with Gasteiger partial charge in [0, 0.05) is 0 Å². The second kappa shape index (κ2) is 9.97. The maximum Gasteiger partial charge on any atom is -0.0363 e. The molecule has 0 fully saturated rings. The van der Waals surface area contributed by atoms with E-state index in [9.17, 15) is 0 Å². The van der Waals surface area contributed by atoms with E-state index in [1.807, 2.05) is 0 Å². The molecule has 0 bridgehead atoms. The van der Waals surface area contributed by atoms with E-state index >= 15 is 0 Å². The lowest BCUT2D eigenvalue weighted by Crippen LogP contribution is -2.24. The van der Waals surface area contributed by atoms with Gasteiger partial charge in [0.1, 0.15) is 0 Å². The Bertz CT molecular complexity index is 161. The van der Waals surface area contributed by atoms with Gasteiger partial charge in [-0.25, -0.2) is 0 Å². The summed E-state index contributed by atoms with van der Waals surface area (Å²) in [5.74, 6) is 3.64. The average molecular weight is 240 g/mol. The largest absolute Gasteiger partial charge is 0.0654 e. The molecule has 0 aromatic carbocycles. The minimum Gasteiger partial charge on any atom is -0.0654 e. The Kier molecular flexibility index (Phi) is 9.97. The molecule has 4 atom stereocenters. The molecule has 17 heavy (non-hydrogen) atoms. The van der Waals surface area contributed by atoms with Gasteiger partial charge in [-0.15, -0.1) is 0 Å². The van der Waals surface area contributed by atoms with Crippen LogP contribution in [-0.2, 0) is 0 Å². The SMILES string of the molecule is CCCCCCC(C)C(CC)C(C)C(C)CC. The molecule has 0 rings (SSSR count). The highest BCUT2D eigenvalue weighted by molar-refractivity contribution is 4.74. The lowest BCUT2D eigenvalue weighted by molar-refractivity contribution is 0.175. The molecule has 0 saturated heterocycles. The van der Waals surface area contributed by atoms with Gasteiger partial charge in [0.05, 0.1) is 0 Å². The normalized spacial score (nSPS) is 18.7. The van der Waals surface area contributed by atoms with Crippen LogP contribution in [0.1, 0.15) is 86.5 Å². The van der Waals surface area contributed by atoms with E-state index < -0.39 is 0 Å². The third kappa shape index (κ3) is 6.48. The van der Waals surface area contributed by atoms with Crippen LogP contribution in [-0.4, -0.2) is 0 Å². The minimum atomic E-state index is 0.887. The van der Waals surface area contributed by atoms with Crippen molar-refractivity contribution in [1.29, 1.82) is 0 Å². The predicted octanol–water partition coefficient (Wildman–Crippen LogP) is 6.30. The summed E-state index contributed by atoms with van der Waals surface area (Å²) in [4.78, 5) is 0. The Labute approximate surface area is 111 Å². The zero-order chi connectivity index (χ0) is 13.3. The molecule has 0 aliphatic rings. The van der Waals surface area contributed by atoms with Crippen molar-refractivity contribution in [2.75, 3.05) is 0 Å². The van der Waals surface area contributed by atoms with Crippen molar-refractivity contribution in [3.05, 3.63) is 0 Å². The van der Waals surface area contributed by atoms with Crippen molar-refractivity contribution in [1.82, 2.24) is 0 Å². The molecule has 0 nitrogen and oxygen atoms in total. The van der Waals surface area contributed by atoms with Crippen molar-refractivity contribution in [3.8, 4) is 0 Å². The quantitative estimate of drug-likeness (QED) is 0.393. The standard InChI is InChI=1S/C17H36/c1-7-10-11-12-13-15(5)17(9-3)16(6)14(4)8-2/h14-17H,7-13H2,1-6H3. The summed E-state index contributed by atoms with van der Waals surface area (Å²) in [6.07, 6.45) is 9.80. The third-order valence-corrected chi connectivity index (χ3v) is 4.93. The van der Waals surface area contributed by atoms with Gasteiger partial charge in [0.2, 0.25) is 0 Å². The Morgan fingerprint density at radius 2 is 1.35 bits per heavy atom. The van der Waals surface area contributed by atoms with Crippen LogP contribution in [0, 0.1) is 23.7 Å². The zero-order valence-corrected chi connectivity index (χ0v) is 13.3. The summed E-state index contributed by atoms with van der Waals surface area (Å²) >= 11 is 0. The fourth-order valence-corrected chi connectivity index (χ4v) is 3.19. The Morgan fingerprint density at radius 1 is 0.706 bits per heavy atom. The molecule has 0 heterocycles. The minimum absolute atomic E-state index is 0.887. The average Bonchev–Trinajstić information content (AvgIpc) is 2.34. The van der Waals surface area contributed by atoms with E-state index in [0.29, 0.717) is 0 Å². The van der Waals surface area contributed by atoms with E-state index in [1.54, 1.807) is 0 Å². The highest BCUT2D eigenvalue weighted by atomic mass is 14.3. The van der Waals surface area contributed by atoms with Crippen molar-refractivity contribution in [2.45, 2.75) is 86.5 Å². The zero-order valence-electron chi connectivity index (χ0n) is 13.3. The molecule has 0 aliphatic heterocycles. The van der Waals surface area contributed by atoms with Gasteiger partial charge >= 0.3 is 0 Å². The third-order valence-electron chi connectivity index (χ3n) is 4.93. The van der Waals surface area contributed by atoms with E-state index in [-0.39, 0.29) is 0 Å². The van der Waals surface area contributed by atoms with Crippen molar-refractivity contribution in [2.24, 2.45) is 23.7 Å². The van der Waals surface area contributed by atoms with Crippen LogP contribution in [0.3, 0.4) is 0 Å². The van der Waals surface area contributed by atoms with Gasteiger partial charge in [-0.05, 0) is 23.7 Å². The summed E-state index contributed by atoms with van der Waals surface area (Å²) < 4.78 is 0. The number of hydrogen-bond donors (Lipinski definition) is 0. The lowest BCUT2D eigenvalue weighted by atomic mass is 9.73. The number of rotatable bonds is 10. The summed E-state index contributed by atoms with van der Waals surface area (Å²) in [5, 5.41) is 0. The molecule has 0 aromatic heterocycles. The van der Waals surface area contributed by atoms with Gasteiger partial charge in [-0.1, -0.05) is 86.5 Å². The molecule has 0 spiro atoms. The fourth-order valence-electron chi connectivity index (χ4n) is 3.19. The smallest absolute Gasteiger partial charge is 0.0363 e. The summed E-state index contributed by atoms with van der Waals surface area (Å²) in [7, 11) is 0. The Hall–Kier alpha value is 0. The Morgan fingerprint density at radius 3 is 1.82 bits per heavy atom. The molecular formula is C17H36. The molecule has 0 aromatic rings. The maximum atomic E-state index is 2.49. The summed E-state index contributed by atoms with van der Waals surface area (Å²) in [6.45, 7) is 14.4. The second-order valence-corrected chi connectivity index (χ2v) is 6.14. The van der Waals surface area contributed by atoms with E-state index in [4.69, 9.17) is 0 Å². The molecule has 0 N–H and O–H groups in total. The topological polar surface area (TPSA) is 0 Å². The number of hydrogen-bond acceptors (Lipinski definition) is 0. The molecule has 0 radical (unpaired) electrons. The predicted molar refractivity (Wildman–Crippen MR) is 80.3 cm³/mol. The lowest BCUT2D eigenvalue weighted by Gasteiger charge is -2.32. The first-order valence-electron chi connectivity index (χ1n) is 8.08. The first kappa shape index (κ1) is 17.0. The monoisotopic (exact) mass is 240 g/mol. The van der Waals surface area contributed by atoms with E-state index in [0.717, 1.165) is 23.7 Å². The van der Waals surface area contributed by atoms with Crippen molar-refractivity contribution < 1.29 is 0 Å². The molecule has 0 saturated carbocycles. The Balaban J connectivity index is 4.06. The first-order chi connectivity index (χ1) is 8.08. The molecule has 0 heteroatoms. The highest BCUT2D eigenvalue weighted by Crippen LogP contribution is 2.33. The first-order valence-corrected chi connectivity index (χ1v) is 8.08. The van der Waals surface area contributed by atoms with Crippen LogP contribution in [0.25, 0.3) is 0 Å². The molecular weight excluding hydrogens is 204 g/mol. The van der Waals surface area contributed by atoms with Gasteiger partial charge < -0.3 is 0 Å². The van der Waals surface area contributed by atoms with Crippen LogP contribution in [0.5, 0.6) is 0 Å². The van der Waals surface area contributed by atoms with Crippen LogP contribution in [0.15, 0.2) is 0 Å². The second-order valence-electron chi connectivity index (χ2n) is 6.14. The molecule has 0 amide bonds. The van der Waals surface area contributed by atoms with Crippen LogP contribution in [0.4, 0.5) is 0 Å². The van der Waals surface area contributed by atoms with E-state index in [1.165, 1.54) is 44.9 Å². The van der Waals surface area contributed by atoms with Crippen LogP contribution in [0.2, 0.25) is 0 Å². The molecule has 104 valence electrons. The van der Waals surface area contributed by atoms with Gasteiger partial charge in [-0.3, -0.25) is 0 Å². The van der Waals surface area contributed by atoms with Crippen molar-refractivity contribution in [3.63, 3.8) is 0 Å². The molecule has 4 unspecified atom stereocenters. The van der Waals surface area contributed by atoms with Gasteiger partial charge in [0.15, 0.2) is 0 Å². The summed E-state index contributed by atoms with van der Waals surface area (Å²) in [5.41, 5.74) is 0. The highest BCUT2D eigenvalue weighted by Gasteiger charge is 2.24.